The highest BCUT2D eigenvalue weighted by Crippen LogP contribution is 2.28. The molecule has 1 aliphatic rings. The fraction of sp³-hybridized carbons (Fsp3) is 0.450. The van der Waals surface area contributed by atoms with E-state index in [0.29, 0.717) is 25.5 Å². The average Bonchev–Trinajstić information content (AvgIpc) is 3.24. The van der Waals surface area contributed by atoms with Gasteiger partial charge in [0, 0.05) is 31.4 Å². The van der Waals surface area contributed by atoms with Gasteiger partial charge < -0.3 is 15.0 Å². The molecule has 1 aliphatic heterocycles. The van der Waals surface area contributed by atoms with Crippen molar-refractivity contribution in [3.63, 3.8) is 0 Å². The zero-order valence-corrected chi connectivity index (χ0v) is 17.4. The van der Waals surface area contributed by atoms with Gasteiger partial charge in [0.15, 0.2) is 0 Å². The molecule has 1 N–H and O–H groups in total. The molecule has 1 fully saturated rings. The van der Waals surface area contributed by atoms with E-state index in [1.807, 2.05) is 38.4 Å². The summed E-state index contributed by atoms with van der Waals surface area (Å²) in [5, 5.41) is 3.31. The van der Waals surface area contributed by atoms with Crippen molar-refractivity contribution >= 4 is 15.8 Å². The van der Waals surface area contributed by atoms with Crippen LogP contribution in [0.25, 0.3) is 0 Å². The third kappa shape index (κ3) is 4.45. The van der Waals surface area contributed by atoms with Gasteiger partial charge in [-0.3, -0.25) is 0 Å². The molecule has 2 aromatic rings. The first-order valence-corrected chi connectivity index (χ1v) is 10.9. The van der Waals surface area contributed by atoms with E-state index in [9.17, 15) is 8.42 Å². The maximum Gasteiger partial charge on any atom is 0.244 e. The lowest BCUT2D eigenvalue weighted by atomic mass is 10.0. The highest BCUT2D eigenvalue weighted by atomic mass is 32.2. The first kappa shape index (κ1) is 20.6. The van der Waals surface area contributed by atoms with Crippen molar-refractivity contribution in [1.82, 2.24) is 14.2 Å². The second-order valence-electron chi connectivity index (χ2n) is 7.09. The van der Waals surface area contributed by atoms with Crippen LogP contribution in [0.15, 0.2) is 47.5 Å². The molecule has 0 spiro atoms. The normalized spacial score (nSPS) is 16.3. The average molecular weight is 405 g/mol. The number of rotatable bonds is 8. The van der Waals surface area contributed by atoms with E-state index in [4.69, 9.17) is 4.74 Å². The minimum Gasteiger partial charge on any atom is -0.496 e. The van der Waals surface area contributed by atoms with Gasteiger partial charge in [-0.1, -0.05) is 18.2 Å². The van der Waals surface area contributed by atoms with Crippen molar-refractivity contribution in [2.24, 2.45) is 0 Å². The Bertz CT molecular complexity index is 879. The summed E-state index contributed by atoms with van der Waals surface area (Å²) in [5.74, 6) is 1.48. The molecule has 1 unspecified atom stereocenters. The van der Waals surface area contributed by atoms with E-state index in [1.165, 1.54) is 10.5 Å². The number of pyridine rings is 1. The van der Waals surface area contributed by atoms with E-state index in [0.717, 1.165) is 24.2 Å². The van der Waals surface area contributed by atoms with E-state index >= 15 is 0 Å². The topological polar surface area (TPSA) is 74.8 Å². The van der Waals surface area contributed by atoms with Gasteiger partial charge in [-0.25, -0.2) is 13.4 Å². The van der Waals surface area contributed by atoms with Crippen LogP contribution in [-0.4, -0.2) is 63.4 Å². The number of hydrogen-bond acceptors (Lipinski definition) is 6. The third-order valence-electron chi connectivity index (χ3n) is 5.04. The van der Waals surface area contributed by atoms with Crippen LogP contribution < -0.4 is 10.1 Å². The molecule has 8 heteroatoms. The molecule has 1 aromatic carbocycles. The van der Waals surface area contributed by atoms with E-state index < -0.39 is 10.0 Å². The molecule has 2 heterocycles. The molecule has 1 atom stereocenters. The highest BCUT2D eigenvalue weighted by Gasteiger charge is 2.27. The van der Waals surface area contributed by atoms with Crippen molar-refractivity contribution in [3.05, 3.63) is 48.2 Å². The van der Waals surface area contributed by atoms with Gasteiger partial charge in [0.05, 0.1) is 13.2 Å². The smallest absolute Gasteiger partial charge is 0.244 e. The molecule has 0 amide bonds. The summed E-state index contributed by atoms with van der Waals surface area (Å²) in [6.45, 7) is 1.79. The number of nitrogens with zero attached hydrogens (tertiary/aromatic N) is 3. The molecule has 0 bridgehead atoms. The molecular formula is C20H28N4O3S. The summed E-state index contributed by atoms with van der Waals surface area (Å²) in [6.07, 6.45) is 3.27. The van der Waals surface area contributed by atoms with Gasteiger partial charge in [-0.05, 0) is 45.1 Å². The monoisotopic (exact) mass is 404 g/mol. The zero-order valence-electron chi connectivity index (χ0n) is 16.6. The highest BCUT2D eigenvalue weighted by molar-refractivity contribution is 7.89. The largest absolute Gasteiger partial charge is 0.496 e. The van der Waals surface area contributed by atoms with Gasteiger partial charge in [-0.15, -0.1) is 0 Å². The van der Waals surface area contributed by atoms with Crippen LogP contribution in [-0.2, 0) is 10.0 Å². The number of sulfonamides is 1. The standard InChI is InChI=1S/C20H28N4O3S/c1-23(2)18(17-8-4-5-9-19(17)27-3)15-22-20-11-10-16(14-21-20)28(25,26)24-12-6-7-13-24/h4-5,8-11,14,18H,6-7,12-13,15H2,1-3H3,(H,21,22). The predicted octanol–water partition coefficient (Wildman–Crippen LogP) is 2.59. The minimum absolute atomic E-state index is 0.0750. The Labute approximate surface area is 167 Å². The number of likely N-dealkylation sites (N-methyl/N-ethyl adjacent to an activating group) is 1. The zero-order chi connectivity index (χ0) is 20.1. The second kappa shape index (κ2) is 8.89. The number of nitrogens with one attached hydrogen (secondary N) is 1. The Morgan fingerprint density at radius 2 is 1.89 bits per heavy atom. The molecule has 0 radical (unpaired) electrons. The maximum atomic E-state index is 12.6. The minimum atomic E-state index is -3.43. The lowest BCUT2D eigenvalue weighted by molar-refractivity contribution is 0.300. The predicted molar refractivity (Wildman–Crippen MR) is 110 cm³/mol. The summed E-state index contributed by atoms with van der Waals surface area (Å²) in [6, 6.07) is 11.3. The lowest BCUT2D eigenvalue weighted by Gasteiger charge is -2.26. The van der Waals surface area contributed by atoms with Gasteiger partial charge in [0.1, 0.15) is 16.5 Å². The number of hydrogen-bond donors (Lipinski definition) is 1. The summed E-state index contributed by atoms with van der Waals surface area (Å²) in [4.78, 5) is 6.67. The number of anilines is 1. The fourth-order valence-electron chi connectivity index (χ4n) is 3.43. The van der Waals surface area contributed by atoms with Crippen LogP contribution in [0.3, 0.4) is 0 Å². The Morgan fingerprint density at radius 3 is 2.50 bits per heavy atom. The van der Waals surface area contributed by atoms with Crippen LogP contribution in [0.1, 0.15) is 24.4 Å². The first-order valence-electron chi connectivity index (χ1n) is 9.43. The first-order chi connectivity index (χ1) is 13.4. The van der Waals surface area contributed by atoms with Crippen molar-refractivity contribution in [2.45, 2.75) is 23.8 Å². The van der Waals surface area contributed by atoms with Crippen molar-refractivity contribution in [3.8, 4) is 5.75 Å². The number of benzene rings is 1. The maximum absolute atomic E-state index is 12.6. The Balaban J connectivity index is 1.71. The summed E-state index contributed by atoms with van der Waals surface area (Å²) in [7, 11) is 2.26. The molecular weight excluding hydrogens is 376 g/mol. The lowest BCUT2D eigenvalue weighted by Crippen LogP contribution is -2.28. The number of para-hydroxylation sites is 1. The molecule has 0 aliphatic carbocycles. The number of methoxy groups -OCH3 is 1. The van der Waals surface area contributed by atoms with Crippen molar-refractivity contribution in [2.75, 3.05) is 46.2 Å². The van der Waals surface area contributed by atoms with E-state index in [-0.39, 0.29) is 10.9 Å². The van der Waals surface area contributed by atoms with Gasteiger partial charge >= 0.3 is 0 Å². The van der Waals surface area contributed by atoms with Crippen LogP contribution in [0.2, 0.25) is 0 Å². The van der Waals surface area contributed by atoms with Crippen LogP contribution in [0.4, 0.5) is 5.82 Å². The van der Waals surface area contributed by atoms with Crippen LogP contribution in [0.5, 0.6) is 5.75 Å². The number of ether oxygens (including phenoxy) is 1. The van der Waals surface area contributed by atoms with E-state index in [1.54, 1.807) is 19.2 Å². The fourth-order valence-corrected chi connectivity index (χ4v) is 4.89. The molecule has 1 aromatic heterocycles. The summed E-state index contributed by atoms with van der Waals surface area (Å²) >= 11 is 0. The molecule has 0 saturated carbocycles. The Morgan fingerprint density at radius 1 is 1.18 bits per heavy atom. The molecule has 1 saturated heterocycles. The van der Waals surface area contributed by atoms with Gasteiger partial charge in [0.2, 0.25) is 10.0 Å². The SMILES string of the molecule is COc1ccccc1C(CNc1ccc(S(=O)(=O)N2CCCC2)cn1)N(C)C. The quantitative estimate of drug-likeness (QED) is 0.729. The summed E-state index contributed by atoms with van der Waals surface area (Å²) < 4.78 is 32.2. The van der Waals surface area contributed by atoms with Crippen molar-refractivity contribution < 1.29 is 13.2 Å². The Kier molecular flexibility index (Phi) is 6.53. The van der Waals surface area contributed by atoms with Gasteiger partial charge in [-0.2, -0.15) is 4.31 Å². The summed E-state index contributed by atoms with van der Waals surface area (Å²) in [5.41, 5.74) is 1.08. The van der Waals surface area contributed by atoms with Crippen LogP contribution in [0, 0.1) is 0 Å². The Hall–Kier alpha value is -2.16. The molecule has 28 heavy (non-hydrogen) atoms. The van der Waals surface area contributed by atoms with Crippen LogP contribution >= 0.6 is 0 Å². The molecule has 7 nitrogen and oxygen atoms in total. The van der Waals surface area contributed by atoms with Gasteiger partial charge in [0.25, 0.3) is 0 Å². The number of aromatic nitrogens is 1. The third-order valence-corrected chi connectivity index (χ3v) is 6.92. The second-order valence-corrected chi connectivity index (χ2v) is 9.03. The van der Waals surface area contributed by atoms with Crippen molar-refractivity contribution in [1.29, 1.82) is 0 Å². The van der Waals surface area contributed by atoms with E-state index in [2.05, 4.69) is 15.2 Å². The molecule has 3 rings (SSSR count). The molecule has 152 valence electrons.